The van der Waals surface area contributed by atoms with Crippen LogP contribution in [0.25, 0.3) is 65.7 Å². The monoisotopic (exact) mass is 663 g/mol. The highest BCUT2D eigenvalue weighted by Gasteiger charge is 2.40. The summed E-state index contributed by atoms with van der Waals surface area (Å²) in [5.74, 6) is 0. The minimum absolute atomic E-state index is 0.174. The van der Waals surface area contributed by atoms with E-state index in [0.29, 0.717) is 0 Å². The number of para-hydroxylation sites is 2. The topological polar surface area (TPSA) is 3.24 Å². The van der Waals surface area contributed by atoms with Gasteiger partial charge in [-0.3, -0.25) is 0 Å². The number of nitrogens with zero attached hydrogens (tertiary/aromatic N) is 1. The summed E-state index contributed by atoms with van der Waals surface area (Å²) in [7, 11) is 0. The maximum Gasteiger partial charge on any atom is 0.0624 e. The molecule has 0 heterocycles. The zero-order valence-electron chi connectivity index (χ0n) is 29.3. The highest BCUT2D eigenvalue weighted by Crippen LogP contribution is 2.59. The number of anilines is 3. The zero-order chi connectivity index (χ0) is 34.8. The Labute approximate surface area is 305 Å². The SMILES string of the molecule is CC1(C)c2ccccc2-c2c(-c3ccc(-c4cc5ccccc5c5ccccc45)cc3)c(N(c3ccccc3)c3ccccc3)c3ccccc3c21. The van der Waals surface area contributed by atoms with Crippen molar-refractivity contribution in [1.29, 1.82) is 0 Å². The predicted octanol–water partition coefficient (Wildman–Crippen LogP) is 14.3. The molecule has 0 aromatic heterocycles. The fraction of sp³-hybridized carbons (Fsp3) is 0.0588. The molecule has 0 unspecified atom stereocenters. The molecule has 0 saturated carbocycles. The van der Waals surface area contributed by atoms with Crippen molar-refractivity contribution >= 4 is 49.4 Å². The van der Waals surface area contributed by atoms with Crippen molar-refractivity contribution in [3.63, 3.8) is 0 Å². The fourth-order valence-electron chi connectivity index (χ4n) is 8.90. The molecule has 246 valence electrons. The third-order valence-corrected chi connectivity index (χ3v) is 11.2. The molecule has 0 spiro atoms. The van der Waals surface area contributed by atoms with Gasteiger partial charge in [-0.1, -0.05) is 172 Å². The van der Waals surface area contributed by atoms with Gasteiger partial charge >= 0.3 is 0 Å². The van der Waals surface area contributed by atoms with E-state index in [-0.39, 0.29) is 5.41 Å². The first-order valence-electron chi connectivity index (χ1n) is 18.2. The van der Waals surface area contributed by atoms with Crippen molar-refractivity contribution < 1.29 is 0 Å². The Balaban J connectivity index is 1.30. The van der Waals surface area contributed by atoms with Gasteiger partial charge in [0.25, 0.3) is 0 Å². The molecule has 0 fully saturated rings. The van der Waals surface area contributed by atoms with Gasteiger partial charge in [-0.2, -0.15) is 0 Å². The first-order chi connectivity index (χ1) is 25.6. The van der Waals surface area contributed by atoms with Gasteiger partial charge in [0.05, 0.1) is 5.69 Å². The molecule has 10 rings (SSSR count). The molecule has 1 aliphatic carbocycles. The van der Waals surface area contributed by atoms with Crippen LogP contribution in [-0.2, 0) is 5.41 Å². The van der Waals surface area contributed by atoms with Crippen molar-refractivity contribution in [2.45, 2.75) is 19.3 Å². The Kier molecular flexibility index (Phi) is 6.91. The molecule has 9 aromatic rings. The third kappa shape index (κ3) is 4.56. The van der Waals surface area contributed by atoms with E-state index >= 15 is 0 Å². The van der Waals surface area contributed by atoms with Crippen LogP contribution in [0.15, 0.2) is 188 Å². The standard InChI is InChI=1S/C51H37N/c1-51(2)46-28-16-15-27-44(46)48-47(35-31-29-34(30-32-35)45-33-36-17-9-10-22-39(36)40-23-11-12-24-41(40)45)50(43-26-14-13-25-42(43)49(48)51)52(37-18-5-3-6-19-37)38-20-7-4-8-21-38/h3-33H,1-2H3. The van der Waals surface area contributed by atoms with Gasteiger partial charge in [0.2, 0.25) is 0 Å². The highest BCUT2D eigenvalue weighted by molar-refractivity contribution is 6.17. The Morgan fingerprint density at radius 3 is 1.60 bits per heavy atom. The van der Waals surface area contributed by atoms with Crippen LogP contribution in [0.3, 0.4) is 0 Å². The van der Waals surface area contributed by atoms with E-state index in [1.54, 1.807) is 0 Å². The van der Waals surface area contributed by atoms with Crippen LogP contribution in [0.4, 0.5) is 17.1 Å². The van der Waals surface area contributed by atoms with Gasteiger partial charge in [0, 0.05) is 27.7 Å². The van der Waals surface area contributed by atoms with E-state index in [9.17, 15) is 0 Å². The predicted molar refractivity (Wildman–Crippen MR) is 222 cm³/mol. The summed E-state index contributed by atoms with van der Waals surface area (Å²) >= 11 is 0. The number of fused-ring (bicyclic) bond motifs is 8. The van der Waals surface area contributed by atoms with E-state index in [1.807, 2.05) is 0 Å². The van der Waals surface area contributed by atoms with E-state index in [0.717, 1.165) is 11.4 Å². The number of hydrogen-bond donors (Lipinski definition) is 0. The first kappa shape index (κ1) is 30.4. The van der Waals surface area contributed by atoms with Crippen LogP contribution in [-0.4, -0.2) is 0 Å². The summed E-state index contributed by atoms with van der Waals surface area (Å²) < 4.78 is 0. The molecule has 0 atom stereocenters. The zero-order valence-corrected chi connectivity index (χ0v) is 29.3. The molecule has 0 N–H and O–H groups in total. The van der Waals surface area contributed by atoms with Crippen LogP contribution < -0.4 is 4.90 Å². The van der Waals surface area contributed by atoms with E-state index in [1.165, 1.54) is 82.5 Å². The molecular weight excluding hydrogens is 627 g/mol. The fourth-order valence-corrected chi connectivity index (χ4v) is 8.90. The summed E-state index contributed by atoms with van der Waals surface area (Å²) in [6, 6.07) is 69.0. The van der Waals surface area contributed by atoms with Crippen molar-refractivity contribution in [2.75, 3.05) is 4.90 Å². The van der Waals surface area contributed by atoms with Crippen LogP contribution in [0, 0.1) is 0 Å². The van der Waals surface area contributed by atoms with Crippen LogP contribution in [0.5, 0.6) is 0 Å². The van der Waals surface area contributed by atoms with E-state index in [4.69, 9.17) is 0 Å². The molecule has 0 aliphatic heterocycles. The number of benzene rings is 9. The van der Waals surface area contributed by atoms with E-state index in [2.05, 4.69) is 207 Å². The second kappa shape index (κ2) is 11.8. The smallest absolute Gasteiger partial charge is 0.0624 e. The minimum Gasteiger partial charge on any atom is -0.309 e. The lowest BCUT2D eigenvalue weighted by atomic mass is 9.78. The lowest BCUT2D eigenvalue weighted by Crippen LogP contribution is -2.17. The van der Waals surface area contributed by atoms with Crippen LogP contribution >= 0.6 is 0 Å². The molecule has 0 bridgehead atoms. The first-order valence-corrected chi connectivity index (χ1v) is 18.2. The summed E-state index contributed by atoms with van der Waals surface area (Å²) in [5, 5.41) is 7.65. The highest BCUT2D eigenvalue weighted by atomic mass is 15.1. The average Bonchev–Trinajstić information content (AvgIpc) is 3.45. The summed E-state index contributed by atoms with van der Waals surface area (Å²) in [4.78, 5) is 2.47. The Bertz CT molecular complexity index is 2750. The van der Waals surface area contributed by atoms with Gasteiger partial charge in [0.1, 0.15) is 0 Å². The molecule has 0 amide bonds. The van der Waals surface area contributed by atoms with Gasteiger partial charge in [-0.15, -0.1) is 0 Å². The second-order valence-corrected chi connectivity index (χ2v) is 14.5. The Morgan fingerprint density at radius 2 is 0.904 bits per heavy atom. The van der Waals surface area contributed by atoms with Crippen LogP contribution in [0.1, 0.15) is 25.0 Å². The third-order valence-electron chi connectivity index (χ3n) is 11.2. The number of rotatable bonds is 5. The lowest BCUT2D eigenvalue weighted by Gasteiger charge is -2.32. The maximum atomic E-state index is 2.47. The summed E-state index contributed by atoms with van der Waals surface area (Å²) in [5.41, 5.74) is 13.6. The van der Waals surface area contributed by atoms with Crippen molar-refractivity contribution in [3.05, 3.63) is 199 Å². The Morgan fingerprint density at radius 1 is 0.385 bits per heavy atom. The van der Waals surface area contributed by atoms with Gasteiger partial charge in [-0.25, -0.2) is 0 Å². The lowest BCUT2D eigenvalue weighted by molar-refractivity contribution is 0.666. The maximum absolute atomic E-state index is 2.47. The number of hydrogen-bond acceptors (Lipinski definition) is 1. The minimum atomic E-state index is -0.174. The molecule has 1 aliphatic rings. The largest absolute Gasteiger partial charge is 0.309 e. The quantitative estimate of drug-likeness (QED) is 0.166. The average molecular weight is 664 g/mol. The molecular formula is C51H37N. The Hall–Kier alpha value is -6.44. The molecule has 0 radical (unpaired) electrons. The molecule has 52 heavy (non-hydrogen) atoms. The second-order valence-electron chi connectivity index (χ2n) is 14.5. The van der Waals surface area contributed by atoms with Crippen LogP contribution in [0.2, 0.25) is 0 Å². The molecule has 9 aromatic carbocycles. The van der Waals surface area contributed by atoms with Crippen molar-refractivity contribution in [1.82, 2.24) is 0 Å². The van der Waals surface area contributed by atoms with Crippen molar-refractivity contribution in [2.24, 2.45) is 0 Å². The van der Waals surface area contributed by atoms with Gasteiger partial charge in [0.15, 0.2) is 0 Å². The summed E-state index contributed by atoms with van der Waals surface area (Å²) in [6.45, 7) is 4.79. The van der Waals surface area contributed by atoms with E-state index < -0.39 is 0 Å². The molecule has 1 heteroatoms. The van der Waals surface area contributed by atoms with Gasteiger partial charge in [-0.05, 0) is 96.2 Å². The summed E-state index contributed by atoms with van der Waals surface area (Å²) in [6.07, 6.45) is 0. The normalized spacial score (nSPS) is 13.0. The van der Waals surface area contributed by atoms with Crippen molar-refractivity contribution in [3.8, 4) is 33.4 Å². The molecule has 1 nitrogen and oxygen atoms in total. The van der Waals surface area contributed by atoms with Gasteiger partial charge < -0.3 is 4.90 Å². The molecule has 0 saturated heterocycles.